The van der Waals surface area contributed by atoms with E-state index in [2.05, 4.69) is 17.2 Å². The summed E-state index contributed by atoms with van der Waals surface area (Å²) in [7, 11) is -4.43. The highest BCUT2D eigenvalue weighted by atomic mass is 32.2. The van der Waals surface area contributed by atoms with Gasteiger partial charge in [-0.15, -0.1) is 11.3 Å². The van der Waals surface area contributed by atoms with Gasteiger partial charge in [0.05, 0.1) is 9.77 Å². The lowest BCUT2D eigenvalue weighted by molar-refractivity contribution is -0.121. The largest absolute Gasteiger partial charge is 0.402 e. The van der Waals surface area contributed by atoms with Gasteiger partial charge in [0.15, 0.2) is 0 Å². The first kappa shape index (κ1) is 22.6. The Morgan fingerprint density at radius 3 is 2.48 bits per heavy atom. The molecule has 0 radical (unpaired) electrons. The van der Waals surface area contributed by atoms with E-state index in [9.17, 15) is 26.4 Å². The van der Waals surface area contributed by atoms with Crippen molar-refractivity contribution in [2.75, 3.05) is 11.9 Å². The first-order chi connectivity index (χ1) is 14.6. The van der Waals surface area contributed by atoms with Crippen molar-refractivity contribution < 1.29 is 26.4 Å². The fourth-order valence-corrected chi connectivity index (χ4v) is 4.06. The van der Waals surface area contributed by atoms with E-state index in [1.165, 1.54) is 28.2 Å². The van der Waals surface area contributed by atoms with Gasteiger partial charge in [-0.25, -0.2) is 13.1 Å². The van der Waals surface area contributed by atoms with Crippen molar-refractivity contribution in [1.82, 2.24) is 4.72 Å². The van der Waals surface area contributed by atoms with Crippen LogP contribution in [-0.2, 0) is 10.0 Å². The number of carbonyl (C=O) groups excluding carboxylic acids is 1. The molecule has 1 aromatic heterocycles. The van der Waals surface area contributed by atoms with Gasteiger partial charge < -0.3 is 5.32 Å². The molecule has 2 aromatic carbocycles. The van der Waals surface area contributed by atoms with E-state index in [0.717, 1.165) is 17.0 Å². The molecule has 0 bridgehead atoms. The highest BCUT2D eigenvalue weighted by Gasteiger charge is 2.30. The molecule has 0 aliphatic rings. The lowest BCUT2D eigenvalue weighted by atomic mass is 10.1. The zero-order valence-electron chi connectivity index (χ0n) is 15.7. The van der Waals surface area contributed by atoms with Crippen LogP contribution in [0.4, 0.5) is 18.9 Å². The van der Waals surface area contributed by atoms with Gasteiger partial charge in [0.1, 0.15) is 6.54 Å². The van der Waals surface area contributed by atoms with Crippen molar-refractivity contribution in [3.63, 3.8) is 0 Å². The molecule has 3 aromatic rings. The Kier molecular flexibility index (Phi) is 6.80. The number of anilines is 1. The van der Waals surface area contributed by atoms with Crippen molar-refractivity contribution in [2.24, 2.45) is 0 Å². The standard InChI is InChI=1S/C21H15F3N2O3S2/c22-21(23,24)14-25-31(28,29)19-8-2-5-16(13-19)20(27)26-17-6-1-4-15(12-17)9-10-18-7-3-11-30-18/h1-8,11-13,25H,14H2,(H,26,27). The van der Waals surface area contributed by atoms with Crippen LogP contribution in [0, 0.1) is 11.8 Å². The number of benzene rings is 2. The number of nitrogens with one attached hydrogen (secondary N) is 2. The van der Waals surface area contributed by atoms with Crippen molar-refractivity contribution in [3.8, 4) is 11.8 Å². The molecule has 31 heavy (non-hydrogen) atoms. The zero-order valence-corrected chi connectivity index (χ0v) is 17.4. The number of rotatable bonds is 5. The maximum atomic E-state index is 12.5. The van der Waals surface area contributed by atoms with E-state index >= 15 is 0 Å². The van der Waals surface area contributed by atoms with Gasteiger partial charge in [0, 0.05) is 16.8 Å². The van der Waals surface area contributed by atoms with Gasteiger partial charge in [-0.1, -0.05) is 30.0 Å². The molecule has 0 aliphatic heterocycles. The minimum atomic E-state index is -4.69. The second-order valence-corrected chi connectivity index (χ2v) is 8.94. The summed E-state index contributed by atoms with van der Waals surface area (Å²) in [5, 5.41) is 4.54. The van der Waals surface area contributed by atoms with Crippen LogP contribution < -0.4 is 10.0 Å². The fraction of sp³-hybridized carbons (Fsp3) is 0.0952. The minimum absolute atomic E-state index is 0.0232. The molecule has 0 atom stereocenters. The highest BCUT2D eigenvalue weighted by Crippen LogP contribution is 2.18. The molecule has 0 saturated heterocycles. The first-order valence-electron chi connectivity index (χ1n) is 8.76. The van der Waals surface area contributed by atoms with E-state index in [0.29, 0.717) is 11.3 Å². The number of hydrogen-bond donors (Lipinski definition) is 2. The molecule has 0 spiro atoms. The smallest absolute Gasteiger partial charge is 0.322 e. The molecular weight excluding hydrogens is 449 g/mol. The molecule has 2 N–H and O–H groups in total. The van der Waals surface area contributed by atoms with Crippen molar-refractivity contribution in [2.45, 2.75) is 11.1 Å². The van der Waals surface area contributed by atoms with E-state index in [4.69, 9.17) is 0 Å². The molecular formula is C21H15F3N2O3S2. The number of amides is 1. The SMILES string of the molecule is O=C(Nc1cccc(C#Cc2cccs2)c1)c1cccc(S(=O)(=O)NCC(F)(F)F)c1. The van der Waals surface area contributed by atoms with Gasteiger partial charge in [-0.3, -0.25) is 4.79 Å². The number of hydrogen-bond acceptors (Lipinski definition) is 4. The molecule has 0 aliphatic carbocycles. The Morgan fingerprint density at radius 2 is 1.77 bits per heavy atom. The maximum absolute atomic E-state index is 12.5. The summed E-state index contributed by atoms with van der Waals surface area (Å²) < 4.78 is 62.6. The molecule has 3 rings (SSSR count). The molecule has 1 heterocycles. The van der Waals surface area contributed by atoms with Gasteiger partial charge in [-0.05, 0) is 47.8 Å². The van der Waals surface area contributed by atoms with E-state index < -0.39 is 33.5 Å². The van der Waals surface area contributed by atoms with Crippen LogP contribution in [0.1, 0.15) is 20.8 Å². The summed E-state index contributed by atoms with van der Waals surface area (Å²) in [6, 6.07) is 15.3. The lowest BCUT2D eigenvalue weighted by Crippen LogP contribution is -2.33. The topological polar surface area (TPSA) is 75.3 Å². The average molecular weight is 464 g/mol. The lowest BCUT2D eigenvalue weighted by Gasteiger charge is -2.10. The van der Waals surface area contributed by atoms with Crippen LogP contribution in [0.25, 0.3) is 0 Å². The van der Waals surface area contributed by atoms with Gasteiger partial charge in [-0.2, -0.15) is 13.2 Å². The number of alkyl halides is 3. The van der Waals surface area contributed by atoms with E-state index in [1.807, 2.05) is 17.5 Å². The summed E-state index contributed by atoms with van der Waals surface area (Å²) in [6.07, 6.45) is -4.69. The normalized spacial score (nSPS) is 11.5. The Balaban J connectivity index is 1.74. The second kappa shape index (κ2) is 9.34. The second-order valence-electron chi connectivity index (χ2n) is 6.23. The Morgan fingerprint density at radius 1 is 1.00 bits per heavy atom. The van der Waals surface area contributed by atoms with Crippen LogP contribution in [-0.4, -0.2) is 27.0 Å². The van der Waals surface area contributed by atoms with Crippen molar-refractivity contribution in [1.29, 1.82) is 0 Å². The summed E-state index contributed by atoms with van der Waals surface area (Å²) in [4.78, 5) is 13.0. The molecule has 0 fully saturated rings. The van der Waals surface area contributed by atoms with Crippen LogP contribution in [0.2, 0.25) is 0 Å². The molecule has 10 heteroatoms. The summed E-state index contributed by atoms with van der Waals surface area (Å²) >= 11 is 1.50. The van der Waals surface area contributed by atoms with Gasteiger partial charge in [0.25, 0.3) is 5.91 Å². The summed E-state index contributed by atoms with van der Waals surface area (Å²) in [6.45, 7) is -1.70. The molecule has 5 nitrogen and oxygen atoms in total. The van der Waals surface area contributed by atoms with Crippen LogP contribution in [0.5, 0.6) is 0 Å². The quantitative estimate of drug-likeness (QED) is 0.555. The van der Waals surface area contributed by atoms with E-state index in [-0.39, 0.29) is 5.56 Å². The monoisotopic (exact) mass is 464 g/mol. The number of carbonyl (C=O) groups is 1. The van der Waals surface area contributed by atoms with Crippen molar-refractivity contribution in [3.05, 3.63) is 82.0 Å². The third-order valence-electron chi connectivity index (χ3n) is 3.84. The Hall–Kier alpha value is -3.13. The maximum Gasteiger partial charge on any atom is 0.402 e. The molecule has 0 unspecified atom stereocenters. The van der Waals surface area contributed by atoms with Gasteiger partial charge >= 0.3 is 6.18 Å². The van der Waals surface area contributed by atoms with E-state index in [1.54, 1.807) is 24.3 Å². The number of thiophene rings is 1. The first-order valence-corrected chi connectivity index (χ1v) is 11.1. The van der Waals surface area contributed by atoms with Crippen LogP contribution in [0.15, 0.2) is 70.9 Å². The molecule has 1 amide bonds. The number of sulfonamides is 1. The number of halogens is 3. The fourth-order valence-electron chi connectivity index (χ4n) is 2.43. The Bertz CT molecular complexity index is 1240. The van der Waals surface area contributed by atoms with Crippen LogP contribution in [0.3, 0.4) is 0 Å². The van der Waals surface area contributed by atoms with Crippen molar-refractivity contribution >= 4 is 33.0 Å². The third-order valence-corrected chi connectivity index (χ3v) is 6.03. The molecule has 0 saturated carbocycles. The summed E-state index contributed by atoms with van der Waals surface area (Å²) in [5.74, 6) is 5.37. The summed E-state index contributed by atoms with van der Waals surface area (Å²) in [5.41, 5.74) is 1.08. The minimum Gasteiger partial charge on any atom is -0.322 e. The third kappa shape index (κ3) is 6.68. The zero-order chi connectivity index (χ0) is 22.5. The average Bonchev–Trinajstić information content (AvgIpc) is 3.24. The molecule has 160 valence electrons. The van der Waals surface area contributed by atoms with Crippen LogP contribution >= 0.6 is 11.3 Å². The predicted octanol–water partition coefficient (Wildman–Crippen LogP) is 4.24. The Labute approximate surface area is 181 Å². The highest BCUT2D eigenvalue weighted by molar-refractivity contribution is 7.89. The van der Waals surface area contributed by atoms with Gasteiger partial charge in [0.2, 0.25) is 10.0 Å². The predicted molar refractivity (Wildman–Crippen MR) is 112 cm³/mol.